The number of benzene rings is 1. The number of aromatic nitrogens is 4. The first-order valence-corrected chi connectivity index (χ1v) is 8.14. The zero-order valence-electron chi connectivity index (χ0n) is 10.8. The van der Waals surface area contributed by atoms with E-state index in [2.05, 4.69) is 24.9 Å². The molecule has 0 atom stereocenters. The first kappa shape index (κ1) is 13.8. The average Bonchev–Trinajstić information content (AvgIpc) is 2.86. The smallest absolute Gasteiger partial charge is 0.229 e. The molecule has 2 aromatic heterocycles. The number of hydrogen-bond acceptors (Lipinski definition) is 5. The van der Waals surface area contributed by atoms with Crippen molar-refractivity contribution in [2.45, 2.75) is 0 Å². The van der Waals surface area contributed by atoms with Crippen LogP contribution >= 0.6 is 11.6 Å². The minimum absolute atomic E-state index is 0.234. The van der Waals surface area contributed by atoms with Gasteiger partial charge in [0.05, 0.1) is 6.26 Å². The number of hydrogen-bond donors (Lipinski definition) is 2. The van der Waals surface area contributed by atoms with Crippen LogP contribution in [0.25, 0.3) is 22.4 Å². The second-order valence-electron chi connectivity index (χ2n) is 4.41. The van der Waals surface area contributed by atoms with Crippen LogP contribution in [-0.4, -0.2) is 34.8 Å². The summed E-state index contributed by atoms with van der Waals surface area (Å²) in [7, 11) is -3.34. The maximum Gasteiger partial charge on any atom is 0.229 e. The van der Waals surface area contributed by atoms with Crippen LogP contribution in [0.4, 0.5) is 5.69 Å². The second kappa shape index (κ2) is 4.97. The Labute approximate surface area is 125 Å². The van der Waals surface area contributed by atoms with Gasteiger partial charge in [-0.2, -0.15) is 5.10 Å². The summed E-state index contributed by atoms with van der Waals surface area (Å²) >= 11 is 6.05. The van der Waals surface area contributed by atoms with E-state index in [1.807, 2.05) is 0 Å². The van der Waals surface area contributed by atoms with Crippen molar-refractivity contribution < 1.29 is 8.42 Å². The molecule has 0 aliphatic heterocycles. The van der Waals surface area contributed by atoms with Crippen molar-refractivity contribution >= 4 is 38.3 Å². The third-order valence-electron chi connectivity index (χ3n) is 2.67. The molecule has 0 amide bonds. The van der Waals surface area contributed by atoms with Gasteiger partial charge in [0, 0.05) is 17.4 Å². The second-order valence-corrected chi connectivity index (χ2v) is 6.52. The molecule has 0 saturated heterocycles. The summed E-state index contributed by atoms with van der Waals surface area (Å²) < 4.78 is 24.9. The highest BCUT2D eigenvalue weighted by Gasteiger charge is 2.11. The van der Waals surface area contributed by atoms with Gasteiger partial charge < -0.3 is 0 Å². The lowest BCUT2D eigenvalue weighted by atomic mass is 10.2. The summed E-state index contributed by atoms with van der Waals surface area (Å²) in [5.41, 5.74) is 2.16. The van der Waals surface area contributed by atoms with Crippen molar-refractivity contribution in [3.63, 3.8) is 0 Å². The summed E-state index contributed by atoms with van der Waals surface area (Å²) in [5.74, 6) is 0.394. The van der Waals surface area contributed by atoms with E-state index in [1.54, 1.807) is 30.5 Å². The molecule has 3 aromatic rings. The Bertz CT molecular complexity index is 922. The lowest BCUT2D eigenvalue weighted by Gasteiger charge is -2.06. The molecule has 108 valence electrons. The largest absolute Gasteiger partial charge is 0.284 e. The summed E-state index contributed by atoms with van der Waals surface area (Å²) in [6.07, 6.45) is 2.70. The molecular weight excluding hydrogens is 314 g/mol. The van der Waals surface area contributed by atoms with E-state index < -0.39 is 10.0 Å². The molecule has 1 aromatic carbocycles. The zero-order valence-corrected chi connectivity index (χ0v) is 12.4. The maximum absolute atomic E-state index is 11.3. The molecule has 21 heavy (non-hydrogen) atoms. The number of H-pyrrole nitrogens is 1. The Morgan fingerprint density at radius 2 is 2.10 bits per heavy atom. The quantitative estimate of drug-likeness (QED) is 0.718. The molecule has 0 radical (unpaired) electrons. The SMILES string of the molecule is CS(=O)(=O)Nc1cccc(-c2nc(Cl)c3n[nH]cc3n2)c1. The van der Waals surface area contributed by atoms with Gasteiger partial charge in [-0.15, -0.1) is 0 Å². The van der Waals surface area contributed by atoms with E-state index >= 15 is 0 Å². The molecule has 9 heteroatoms. The predicted octanol–water partition coefficient (Wildman–Crippen LogP) is 2.04. The topological polar surface area (TPSA) is 101 Å². The van der Waals surface area contributed by atoms with Gasteiger partial charge >= 0.3 is 0 Å². The van der Waals surface area contributed by atoms with Gasteiger partial charge in [0.15, 0.2) is 11.0 Å². The van der Waals surface area contributed by atoms with Gasteiger partial charge in [0.2, 0.25) is 10.0 Å². The molecular formula is C12H10ClN5O2S. The molecule has 0 aliphatic carbocycles. The number of anilines is 1. The number of rotatable bonds is 3. The van der Waals surface area contributed by atoms with Crippen molar-refractivity contribution in [2.75, 3.05) is 11.0 Å². The molecule has 0 spiro atoms. The van der Waals surface area contributed by atoms with Crippen LogP contribution in [0.5, 0.6) is 0 Å². The highest BCUT2D eigenvalue weighted by molar-refractivity contribution is 7.92. The molecule has 0 unspecified atom stereocenters. The van der Waals surface area contributed by atoms with E-state index in [-0.39, 0.29) is 5.15 Å². The summed E-state index contributed by atoms with van der Waals surface area (Å²) in [6.45, 7) is 0. The monoisotopic (exact) mass is 323 g/mol. The number of nitrogens with one attached hydrogen (secondary N) is 2. The summed E-state index contributed by atoms with van der Waals surface area (Å²) in [6, 6.07) is 6.76. The van der Waals surface area contributed by atoms with Crippen molar-refractivity contribution in [3.05, 3.63) is 35.6 Å². The number of nitrogens with zero attached hydrogens (tertiary/aromatic N) is 3. The number of sulfonamides is 1. The lowest BCUT2D eigenvalue weighted by molar-refractivity contribution is 0.607. The van der Waals surface area contributed by atoms with E-state index in [0.29, 0.717) is 28.1 Å². The van der Waals surface area contributed by atoms with Crippen LogP contribution in [0.3, 0.4) is 0 Å². The predicted molar refractivity (Wildman–Crippen MR) is 80.6 cm³/mol. The fourth-order valence-electron chi connectivity index (χ4n) is 1.87. The van der Waals surface area contributed by atoms with Gasteiger partial charge in [0.1, 0.15) is 11.0 Å². The van der Waals surface area contributed by atoms with E-state index in [9.17, 15) is 8.42 Å². The van der Waals surface area contributed by atoms with Crippen LogP contribution in [0.1, 0.15) is 0 Å². The van der Waals surface area contributed by atoms with Crippen LogP contribution in [0.15, 0.2) is 30.5 Å². The highest BCUT2D eigenvalue weighted by atomic mass is 35.5. The first-order chi connectivity index (χ1) is 9.92. The Hall–Kier alpha value is -2.19. The fraction of sp³-hybridized carbons (Fsp3) is 0.0833. The molecule has 2 N–H and O–H groups in total. The van der Waals surface area contributed by atoms with Crippen LogP contribution < -0.4 is 4.72 Å². The Morgan fingerprint density at radius 1 is 1.29 bits per heavy atom. The van der Waals surface area contributed by atoms with Gasteiger partial charge in [-0.1, -0.05) is 23.7 Å². The molecule has 2 heterocycles. The number of halogens is 1. The summed E-state index contributed by atoms with van der Waals surface area (Å²) in [5, 5.41) is 6.85. The van der Waals surface area contributed by atoms with Crippen LogP contribution in [-0.2, 0) is 10.0 Å². The molecule has 0 aliphatic rings. The number of fused-ring (bicyclic) bond motifs is 1. The fourth-order valence-corrected chi connectivity index (χ4v) is 2.64. The third-order valence-corrected chi connectivity index (χ3v) is 3.54. The van der Waals surface area contributed by atoms with Gasteiger partial charge in [-0.25, -0.2) is 18.4 Å². The maximum atomic E-state index is 11.3. The minimum Gasteiger partial charge on any atom is -0.284 e. The van der Waals surface area contributed by atoms with Crippen molar-refractivity contribution in [2.24, 2.45) is 0 Å². The molecule has 7 nitrogen and oxygen atoms in total. The Morgan fingerprint density at radius 3 is 2.86 bits per heavy atom. The number of aromatic amines is 1. The molecule has 0 bridgehead atoms. The lowest BCUT2D eigenvalue weighted by Crippen LogP contribution is -2.09. The van der Waals surface area contributed by atoms with E-state index in [4.69, 9.17) is 11.6 Å². The normalized spacial score (nSPS) is 11.7. The molecule has 0 fully saturated rings. The Kier molecular flexibility index (Phi) is 3.26. The summed E-state index contributed by atoms with van der Waals surface area (Å²) in [4.78, 5) is 8.51. The first-order valence-electron chi connectivity index (χ1n) is 5.88. The van der Waals surface area contributed by atoms with E-state index in [1.165, 1.54) is 0 Å². The van der Waals surface area contributed by atoms with Gasteiger partial charge in [0.25, 0.3) is 0 Å². The standard InChI is InChI=1S/C12H10ClN5O2S/c1-21(19,20)18-8-4-2-3-7(5-8)12-15-9-6-14-17-10(9)11(13)16-12/h2-6,18H,1H3,(H,14,17). The molecule has 0 saturated carbocycles. The average molecular weight is 324 g/mol. The van der Waals surface area contributed by atoms with Crippen LogP contribution in [0.2, 0.25) is 5.15 Å². The Balaban J connectivity index is 2.08. The molecule has 3 rings (SSSR count). The van der Waals surface area contributed by atoms with Crippen molar-refractivity contribution in [1.82, 2.24) is 20.2 Å². The third kappa shape index (κ3) is 2.96. The zero-order chi connectivity index (χ0) is 15.0. The highest BCUT2D eigenvalue weighted by Crippen LogP contribution is 2.25. The van der Waals surface area contributed by atoms with Gasteiger partial charge in [-0.05, 0) is 12.1 Å². The van der Waals surface area contributed by atoms with Crippen molar-refractivity contribution in [3.8, 4) is 11.4 Å². The van der Waals surface area contributed by atoms with Crippen LogP contribution in [0, 0.1) is 0 Å². The van der Waals surface area contributed by atoms with E-state index in [0.717, 1.165) is 6.26 Å². The van der Waals surface area contributed by atoms with Gasteiger partial charge in [-0.3, -0.25) is 9.82 Å². The van der Waals surface area contributed by atoms with Crippen molar-refractivity contribution in [1.29, 1.82) is 0 Å². The minimum atomic E-state index is -3.34.